The molecule has 4 aromatic rings. The fourth-order valence-electron chi connectivity index (χ4n) is 4.43. The van der Waals surface area contributed by atoms with Gasteiger partial charge in [-0.05, 0) is 61.2 Å². The van der Waals surface area contributed by atoms with Crippen LogP contribution in [0.1, 0.15) is 53.7 Å². The van der Waals surface area contributed by atoms with Gasteiger partial charge in [-0.25, -0.2) is 27.8 Å². The molecular formula is C26H24F3N5O. The number of hydrogen-bond donors (Lipinski definition) is 0. The van der Waals surface area contributed by atoms with Crippen molar-refractivity contribution in [1.29, 1.82) is 0 Å². The highest BCUT2D eigenvalue weighted by molar-refractivity contribution is 5.69. The van der Waals surface area contributed by atoms with Crippen molar-refractivity contribution >= 4 is 12.2 Å². The van der Waals surface area contributed by atoms with Crippen molar-refractivity contribution in [2.45, 2.75) is 38.6 Å². The molecule has 0 aliphatic carbocycles. The van der Waals surface area contributed by atoms with Crippen molar-refractivity contribution in [3.63, 3.8) is 0 Å². The third-order valence-corrected chi connectivity index (χ3v) is 6.17. The first-order valence-corrected chi connectivity index (χ1v) is 11.4. The molecule has 180 valence electrons. The van der Waals surface area contributed by atoms with E-state index < -0.39 is 17.5 Å². The number of imidazole rings is 1. The normalized spacial score (nSPS) is 15.9. The fourth-order valence-corrected chi connectivity index (χ4v) is 4.43. The number of benzene rings is 2. The van der Waals surface area contributed by atoms with E-state index in [4.69, 9.17) is 4.74 Å². The molecule has 35 heavy (non-hydrogen) atoms. The number of ether oxygens (including phenoxy) is 1. The van der Waals surface area contributed by atoms with Crippen molar-refractivity contribution in [1.82, 2.24) is 24.3 Å². The number of nitrogens with zero attached hydrogens (tertiary/aromatic N) is 5. The van der Waals surface area contributed by atoms with Crippen LogP contribution >= 0.6 is 0 Å². The van der Waals surface area contributed by atoms with Crippen LogP contribution in [0.2, 0.25) is 0 Å². The molecule has 1 aliphatic heterocycles. The lowest BCUT2D eigenvalue weighted by Crippen LogP contribution is -2.09. The molecule has 6 nitrogen and oxygen atoms in total. The Labute approximate surface area is 200 Å². The Morgan fingerprint density at radius 2 is 1.86 bits per heavy atom. The zero-order chi connectivity index (χ0) is 24.5. The molecular weight excluding hydrogens is 455 g/mol. The summed E-state index contributed by atoms with van der Waals surface area (Å²) in [5.41, 5.74) is 3.04. The quantitative estimate of drug-likeness (QED) is 0.346. The molecule has 0 fully saturated rings. The number of aromatic nitrogens is 5. The SMILES string of the molecule is COc1cc(C=Cc2nc3n(n2)CCCC[C@@H]3c2cc(F)c(F)c(F)c2)ccc1-n1cnc(C)c1. The summed E-state index contributed by atoms with van der Waals surface area (Å²) in [6.07, 6.45) is 9.70. The molecule has 9 heteroatoms. The van der Waals surface area contributed by atoms with E-state index in [1.165, 1.54) is 0 Å². The lowest BCUT2D eigenvalue weighted by Gasteiger charge is -2.14. The first-order valence-electron chi connectivity index (χ1n) is 11.4. The van der Waals surface area contributed by atoms with Gasteiger partial charge in [0.2, 0.25) is 0 Å². The van der Waals surface area contributed by atoms with Crippen LogP contribution in [-0.4, -0.2) is 31.4 Å². The summed E-state index contributed by atoms with van der Waals surface area (Å²) in [5, 5.41) is 4.59. The third-order valence-electron chi connectivity index (χ3n) is 6.17. The van der Waals surface area contributed by atoms with Gasteiger partial charge in [-0.3, -0.25) is 0 Å². The summed E-state index contributed by atoms with van der Waals surface area (Å²) in [7, 11) is 1.62. The van der Waals surface area contributed by atoms with Crippen LogP contribution in [0.4, 0.5) is 13.2 Å². The average molecular weight is 480 g/mol. The molecule has 0 unspecified atom stereocenters. The minimum absolute atomic E-state index is 0.363. The third kappa shape index (κ3) is 4.58. The van der Waals surface area contributed by atoms with Crippen LogP contribution in [0.25, 0.3) is 17.8 Å². The summed E-state index contributed by atoms with van der Waals surface area (Å²) in [6, 6.07) is 7.92. The van der Waals surface area contributed by atoms with Crippen molar-refractivity contribution in [3.05, 3.63) is 88.8 Å². The summed E-state index contributed by atoms with van der Waals surface area (Å²) >= 11 is 0. The van der Waals surface area contributed by atoms with E-state index in [9.17, 15) is 13.2 Å². The van der Waals surface area contributed by atoms with Gasteiger partial charge in [0.15, 0.2) is 23.3 Å². The Balaban J connectivity index is 1.44. The molecule has 2 aromatic carbocycles. The Morgan fingerprint density at radius 1 is 1.06 bits per heavy atom. The van der Waals surface area contributed by atoms with E-state index in [0.717, 1.165) is 41.9 Å². The van der Waals surface area contributed by atoms with Gasteiger partial charge in [-0.1, -0.05) is 18.6 Å². The zero-order valence-electron chi connectivity index (χ0n) is 19.4. The van der Waals surface area contributed by atoms with Gasteiger partial charge in [-0.15, -0.1) is 0 Å². The maximum absolute atomic E-state index is 13.9. The predicted octanol–water partition coefficient (Wildman–Crippen LogP) is 5.68. The van der Waals surface area contributed by atoms with Crippen LogP contribution in [0.15, 0.2) is 42.9 Å². The average Bonchev–Trinajstić information content (AvgIpc) is 3.41. The Hall–Kier alpha value is -3.88. The number of fused-ring (bicyclic) bond motifs is 1. The van der Waals surface area contributed by atoms with Crippen molar-refractivity contribution < 1.29 is 17.9 Å². The number of hydrogen-bond acceptors (Lipinski definition) is 4. The fraction of sp³-hybridized carbons (Fsp3) is 0.269. The Morgan fingerprint density at radius 3 is 2.57 bits per heavy atom. The van der Waals surface area contributed by atoms with Crippen molar-refractivity contribution in [2.75, 3.05) is 7.11 Å². The van der Waals surface area contributed by atoms with Crippen LogP contribution in [0, 0.1) is 24.4 Å². The van der Waals surface area contributed by atoms with Gasteiger partial charge in [0, 0.05) is 18.7 Å². The van der Waals surface area contributed by atoms with Crippen molar-refractivity contribution in [3.8, 4) is 11.4 Å². The molecule has 0 spiro atoms. The molecule has 0 N–H and O–H groups in total. The van der Waals surface area contributed by atoms with E-state index in [2.05, 4.69) is 15.1 Å². The predicted molar refractivity (Wildman–Crippen MR) is 126 cm³/mol. The molecule has 0 amide bonds. The molecule has 0 saturated heterocycles. The summed E-state index contributed by atoms with van der Waals surface area (Å²) in [5.74, 6) is -2.41. The minimum Gasteiger partial charge on any atom is -0.495 e. The molecule has 1 aliphatic rings. The first-order chi connectivity index (χ1) is 16.9. The molecule has 0 radical (unpaired) electrons. The van der Waals surface area contributed by atoms with E-state index in [1.807, 2.05) is 42.0 Å². The second kappa shape index (κ2) is 9.40. The van der Waals surface area contributed by atoms with Gasteiger partial charge in [0.05, 0.1) is 24.8 Å². The largest absolute Gasteiger partial charge is 0.495 e. The summed E-state index contributed by atoms with van der Waals surface area (Å²) in [6.45, 7) is 2.58. The second-order valence-corrected chi connectivity index (χ2v) is 8.59. The van der Waals surface area contributed by atoms with Crippen LogP contribution in [0.3, 0.4) is 0 Å². The summed E-state index contributed by atoms with van der Waals surface area (Å²) in [4.78, 5) is 8.92. The number of halogens is 3. The number of aryl methyl sites for hydroxylation is 2. The number of rotatable bonds is 5. The van der Waals surface area contributed by atoms with Gasteiger partial charge in [-0.2, -0.15) is 5.10 Å². The molecule has 3 heterocycles. The van der Waals surface area contributed by atoms with Gasteiger partial charge < -0.3 is 9.30 Å². The maximum atomic E-state index is 13.9. The van der Waals surface area contributed by atoms with E-state index in [-0.39, 0.29) is 5.92 Å². The monoisotopic (exact) mass is 479 g/mol. The van der Waals surface area contributed by atoms with E-state index in [0.29, 0.717) is 35.9 Å². The highest BCUT2D eigenvalue weighted by atomic mass is 19.2. The molecule has 0 bridgehead atoms. The van der Waals surface area contributed by atoms with Gasteiger partial charge in [0.25, 0.3) is 0 Å². The smallest absolute Gasteiger partial charge is 0.194 e. The lowest BCUT2D eigenvalue weighted by molar-refractivity contribution is 0.413. The second-order valence-electron chi connectivity index (χ2n) is 8.59. The first kappa shape index (κ1) is 22.9. The van der Waals surface area contributed by atoms with Gasteiger partial charge in [0.1, 0.15) is 11.6 Å². The Bertz CT molecular complexity index is 1380. The minimum atomic E-state index is -1.46. The lowest BCUT2D eigenvalue weighted by atomic mass is 9.93. The van der Waals surface area contributed by atoms with Crippen LogP contribution in [0.5, 0.6) is 5.75 Å². The highest BCUT2D eigenvalue weighted by Crippen LogP contribution is 2.33. The topological polar surface area (TPSA) is 57.8 Å². The molecule has 5 rings (SSSR count). The molecule has 1 atom stereocenters. The Kier molecular flexibility index (Phi) is 6.15. The molecule has 2 aromatic heterocycles. The van der Waals surface area contributed by atoms with Crippen LogP contribution < -0.4 is 4.74 Å². The summed E-state index contributed by atoms with van der Waals surface area (Å²) < 4.78 is 50.5. The zero-order valence-corrected chi connectivity index (χ0v) is 19.4. The van der Waals surface area contributed by atoms with Gasteiger partial charge >= 0.3 is 0 Å². The van der Waals surface area contributed by atoms with Crippen LogP contribution in [-0.2, 0) is 6.54 Å². The van der Waals surface area contributed by atoms with E-state index in [1.54, 1.807) is 24.2 Å². The highest BCUT2D eigenvalue weighted by Gasteiger charge is 2.26. The van der Waals surface area contributed by atoms with Crippen molar-refractivity contribution in [2.24, 2.45) is 0 Å². The molecule has 0 saturated carbocycles. The number of methoxy groups -OCH3 is 1. The maximum Gasteiger partial charge on any atom is 0.194 e. The standard InChI is InChI=1S/C26H24F3N5O/c1-16-14-33(15-30-16)22-8-6-17(11-23(22)35-2)7-9-24-31-26-19(5-3-4-10-34(26)32-24)18-12-20(27)25(29)21(28)13-18/h6-9,11-15,19H,3-5,10H2,1-2H3/t19-/m1/s1. The van der Waals surface area contributed by atoms with E-state index >= 15 is 0 Å².